The Hall–Kier alpha value is -2.00. The smallest absolute Gasteiger partial charge is 0.129 e. The quantitative estimate of drug-likeness (QED) is 0.626. The minimum Gasteiger partial charge on any atom is -0.485 e. The van der Waals surface area contributed by atoms with Crippen LogP contribution in [0.25, 0.3) is 0 Å². The van der Waals surface area contributed by atoms with Gasteiger partial charge in [-0.2, -0.15) is 0 Å². The van der Waals surface area contributed by atoms with E-state index in [4.69, 9.17) is 16.3 Å². The molecule has 0 spiro atoms. The largest absolute Gasteiger partial charge is 0.485 e. The maximum absolute atomic E-state index is 9.23. The third-order valence-electron chi connectivity index (χ3n) is 3.47. The number of nitrogens with zero attached hydrogens (tertiary/aromatic N) is 1. The number of halogens is 1. The summed E-state index contributed by atoms with van der Waals surface area (Å²) in [6, 6.07) is 13.5. The molecular weight excluding hydrogens is 274 g/mol. The van der Waals surface area contributed by atoms with Crippen LogP contribution < -0.4 is 4.74 Å². The topological polar surface area (TPSA) is 41.8 Å². The van der Waals surface area contributed by atoms with Gasteiger partial charge in [0.1, 0.15) is 11.9 Å². The highest BCUT2D eigenvalue weighted by atomic mass is 35.5. The Labute approximate surface area is 122 Å². The SMILES string of the molecule is Cc1ccc(C2C/C(=N/O)c3cc(Cl)ccc3O2)cc1. The zero-order valence-electron chi connectivity index (χ0n) is 11.0. The Morgan fingerprint density at radius 3 is 2.65 bits per heavy atom. The first-order valence-corrected chi connectivity index (χ1v) is 6.79. The van der Waals surface area contributed by atoms with Crippen LogP contribution in [0, 0.1) is 6.92 Å². The van der Waals surface area contributed by atoms with Gasteiger partial charge in [-0.25, -0.2) is 0 Å². The lowest BCUT2D eigenvalue weighted by Crippen LogP contribution is -2.21. The van der Waals surface area contributed by atoms with Crippen molar-refractivity contribution in [1.82, 2.24) is 0 Å². The van der Waals surface area contributed by atoms with E-state index in [1.807, 2.05) is 37.3 Å². The minimum absolute atomic E-state index is 0.143. The Morgan fingerprint density at radius 1 is 1.20 bits per heavy atom. The first-order valence-electron chi connectivity index (χ1n) is 6.41. The van der Waals surface area contributed by atoms with E-state index in [1.165, 1.54) is 5.56 Å². The average molecular weight is 288 g/mol. The summed E-state index contributed by atoms with van der Waals surface area (Å²) in [5, 5.41) is 13.2. The molecule has 0 amide bonds. The summed E-state index contributed by atoms with van der Waals surface area (Å²) >= 11 is 5.98. The van der Waals surface area contributed by atoms with Gasteiger partial charge in [-0.05, 0) is 30.7 Å². The van der Waals surface area contributed by atoms with Gasteiger partial charge < -0.3 is 9.94 Å². The van der Waals surface area contributed by atoms with Gasteiger partial charge in [0.05, 0.1) is 5.71 Å². The lowest BCUT2D eigenvalue weighted by molar-refractivity contribution is 0.203. The molecule has 1 aliphatic heterocycles. The van der Waals surface area contributed by atoms with E-state index in [1.54, 1.807) is 12.1 Å². The van der Waals surface area contributed by atoms with Gasteiger partial charge in [0.2, 0.25) is 0 Å². The van der Waals surface area contributed by atoms with Crippen LogP contribution in [0.2, 0.25) is 5.02 Å². The number of ether oxygens (including phenoxy) is 1. The van der Waals surface area contributed by atoms with Gasteiger partial charge >= 0.3 is 0 Å². The zero-order valence-corrected chi connectivity index (χ0v) is 11.8. The van der Waals surface area contributed by atoms with Crippen LogP contribution in [0.5, 0.6) is 5.75 Å². The third kappa shape index (κ3) is 2.37. The number of fused-ring (bicyclic) bond motifs is 1. The summed E-state index contributed by atoms with van der Waals surface area (Å²) < 4.78 is 5.99. The monoisotopic (exact) mass is 287 g/mol. The van der Waals surface area contributed by atoms with E-state index in [2.05, 4.69) is 5.16 Å². The van der Waals surface area contributed by atoms with E-state index >= 15 is 0 Å². The number of benzene rings is 2. The van der Waals surface area contributed by atoms with Crippen LogP contribution in [-0.4, -0.2) is 10.9 Å². The molecule has 0 fully saturated rings. The molecule has 1 atom stereocenters. The fourth-order valence-electron chi connectivity index (χ4n) is 2.37. The average Bonchev–Trinajstić information content (AvgIpc) is 2.47. The molecule has 1 aliphatic rings. The second-order valence-electron chi connectivity index (χ2n) is 4.91. The molecule has 20 heavy (non-hydrogen) atoms. The number of oxime groups is 1. The molecule has 3 nitrogen and oxygen atoms in total. The molecule has 0 saturated heterocycles. The van der Waals surface area contributed by atoms with Gasteiger partial charge in [0.15, 0.2) is 0 Å². The highest BCUT2D eigenvalue weighted by Crippen LogP contribution is 2.36. The standard InChI is InChI=1S/C16H14ClNO2/c1-10-2-4-11(5-3-10)16-9-14(18-19)13-8-12(17)6-7-15(13)20-16/h2-8,16,19H,9H2,1H3/b18-14-. The molecule has 102 valence electrons. The van der Waals surface area contributed by atoms with Crippen molar-refractivity contribution in [3.05, 3.63) is 64.2 Å². The van der Waals surface area contributed by atoms with Gasteiger partial charge in [-0.15, -0.1) is 0 Å². The summed E-state index contributed by atoms with van der Waals surface area (Å²) in [5.41, 5.74) is 3.62. The fraction of sp³-hybridized carbons (Fsp3) is 0.188. The van der Waals surface area contributed by atoms with Crippen molar-refractivity contribution >= 4 is 17.3 Å². The summed E-state index contributed by atoms with van der Waals surface area (Å²) in [6.45, 7) is 2.05. The zero-order chi connectivity index (χ0) is 14.1. The molecule has 0 bridgehead atoms. The summed E-state index contributed by atoms with van der Waals surface area (Å²) in [4.78, 5) is 0. The van der Waals surface area contributed by atoms with Crippen LogP contribution >= 0.6 is 11.6 Å². The molecular formula is C16H14ClNO2. The van der Waals surface area contributed by atoms with E-state index in [-0.39, 0.29) is 6.10 Å². The molecule has 0 aliphatic carbocycles. The number of hydrogen-bond acceptors (Lipinski definition) is 3. The Morgan fingerprint density at radius 2 is 1.95 bits per heavy atom. The maximum atomic E-state index is 9.23. The molecule has 2 aromatic rings. The van der Waals surface area contributed by atoms with Gasteiger partial charge in [-0.3, -0.25) is 0 Å². The molecule has 0 aromatic heterocycles. The van der Waals surface area contributed by atoms with Crippen molar-refractivity contribution < 1.29 is 9.94 Å². The summed E-state index contributed by atoms with van der Waals surface area (Å²) in [7, 11) is 0. The fourth-order valence-corrected chi connectivity index (χ4v) is 2.54. The third-order valence-corrected chi connectivity index (χ3v) is 3.71. The Balaban J connectivity index is 1.99. The second kappa shape index (κ2) is 5.17. The highest BCUT2D eigenvalue weighted by molar-refractivity contribution is 6.31. The molecule has 2 aromatic carbocycles. The minimum atomic E-state index is -0.143. The molecule has 1 unspecified atom stereocenters. The molecule has 0 radical (unpaired) electrons. The van der Waals surface area contributed by atoms with Crippen molar-refractivity contribution in [2.75, 3.05) is 0 Å². The maximum Gasteiger partial charge on any atom is 0.129 e. The number of aryl methyl sites for hydroxylation is 1. The van der Waals surface area contributed by atoms with Gasteiger partial charge in [0.25, 0.3) is 0 Å². The predicted octanol–water partition coefficient (Wildman–Crippen LogP) is 4.35. The van der Waals surface area contributed by atoms with Crippen molar-refractivity contribution in [2.24, 2.45) is 5.16 Å². The normalized spacial score (nSPS) is 19.5. The second-order valence-corrected chi connectivity index (χ2v) is 5.34. The van der Waals surface area contributed by atoms with Crippen LogP contribution in [0.15, 0.2) is 47.6 Å². The van der Waals surface area contributed by atoms with E-state index in [0.717, 1.165) is 11.1 Å². The molecule has 0 saturated carbocycles. The van der Waals surface area contributed by atoms with Crippen LogP contribution in [0.4, 0.5) is 0 Å². The van der Waals surface area contributed by atoms with Crippen molar-refractivity contribution in [1.29, 1.82) is 0 Å². The predicted molar refractivity (Wildman–Crippen MR) is 78.9 cm³/mol. The van der Waals surface area contributed by atoms with Crippen LogP contribution in [0.3, 0.4) is 0 Å². The Bertz CT molecular complexity index is 665. The van der Waals surface area contributed by atoms with Crippen molar-refractivity contribution in [3.8, 4) is 5.75 Å². The van der Waals surface area contributed by atoms with Crippen LogP contribution in [0.1, 0.15) is 29.2 Å². The van der Waals surface area contributed by atoms with Crippen molar-refractivity contribution in [3.63, 3.8) is 0 Å². The van der Waals surface area contributed by atoms with E-state index in [9.17, 15) is 5.21 Å². The van der Waals surface area contributed by atoms with Gasteiger partial charge in [-0.1, -0.05) is 46.6 Å². The van der Waals surface area contributed by atoms with Crippen LogP contribution in [-0.2, 0) is 0 Å². The summed E-state index contributed by atoms with van der Waals surface area (Å²) in [6.07, 6.45) is 0.377. The van der Waals surface area contributed by atoms with E-state index in [0.29, 0.717) is 22.9 Å². The number of rotatable bonds is 1. The Kier molecular flexibility index (Phi) is 3.36. The lowest BCUT2D eigenvalue weighted by Gasteiger charge is -2.27. The van der Waals surface area contributed by atoms with Crippen molar-refractivity contribution in [2.45, 2.75) is 19.4 Å². The highest BCUT2D eigenvalue weighted by Gasteiger charge is 2.26. The number of hydrogen-bond donors (Lipinski definition) is 1. The lowest BCUT2D eigenvalue weighted by atomic mass is 9.95. The first-order chi connectivity index (χ1) is 9.67. The first kappa shape index (κ1) is 13.0. The molecule has 3 rings (SSSR count). The van der Waals surface area contributed by atoms with Gasteiger partial charge in [0, 0.05) is 17.0 Å². The molecule has 1 heterocycles. The molecule has 4 heteroatoms. The summed E-state index contributed by atoms with van der Waals surface area (Å²) in [5.74, 6) is 0.694. The van der Waals surface area contributed by atoms with E-state index < -0.39 is 0 Å². The molecule has 1 N–H and O–H groups in total.